The lowest BCUT2D eigenvalue weighted by molar-refractivity contribution is -0.449. The van der Waals surface area contributed by atoms with E-state index in [-0.39, 0.29) is 17.7 Å². The van der Waals surface area contributed by atoms with Crippen molar-refractivity contribution in [1.82, 2.24) is 4.98 Å². The maximum Gasteiger partial charge on any atom is 0.460 e. The van der Waals surface area contributed by atoms with Crippen LogP contribution in [0, 0.1) is 0 Å². The Labute approximate surface area is 226 Å². The Morgan fingerprint density at radius 3 is 1.79 bits per heavy atom. The molecule has 1 aromatic heterocycles. The number of anilines is 1. The van der Waals surface area contributed by atoms with E-state index in [2.05, 4.69) is 4.98 Å². The molecule has 1 heterocycles. The first-order valence-corrected chi connectivity index (χ1v) is 11.6. The zero-order chi connectivity index (χ0) is 32.7. The normalized spacial score (nSPS) is 14.4. The van der Waals surface area contributed by atoms with Crippen LogP contribution in [0.2, 0.25) is 0 Å². The number of carbonyl (C=O) groups excluding carboxylic acids is 1. The van der Waals surface area contributed by atoms with E-state index in [0.29, 0.717) is 25.0 Å². The Bertz CT molecular complexity index is 1280. The number of hydrogen-bond acceptors (Lipinski definition) is 3. The molecule has 0 spiro atoms. The van der Waals surface area contributed by atoms with E-state index < -0.39 is 76.5 Å². The number of unbranched alkanes of at least 4 members (excludes halogenated alkanes) is 3. The van der Waals surface area contributed by atoms with Gasteiger partial charge in [0.1, 0.15) is 11.3 Å². The molecular weight excluding hydrogens is 621 g/mol. The first-order chi connectivity index (χ1) is 18.9. The third-order valence-corrected chi connectivity index (χ3v) is 6.09. The van der Waals surface area contributed by atoms with Crippen LogP contribution in [0.4, 0.5) is 71.5 Å². The quantitative estimate of drug-likeness (QED) is 0.188. The molecule has 1 N–H and O–H groups in total. The molecule has 1 amide bonds. The number of aromatic hydroxyl groups is 1. The number of alkyl halides is 15. The summed E-state index contributed by atoms with van der Waals surface area (Å²) in [7, 11) is 0. The van der Waals surface area contributed by atoms with Crippen molar-refractivity contribution < 1.29 is 75.8 Å². The van der Waals surface area contributed by atoms with Crippen LogP contribution >= 0.6 is 0 Å². The van der Waals surface area contributed by atoms with Crippen molar-refractivity contribution in [2.45, 2.75) is 74.3 Å². The third-order valence-electron chi connectivity index (χ3n) is 6.09. The molecule has 2 rings (SSSR count). The summed E-state index contributed by atoms with van der Waals surface area (Å²) in [5.74, 6) is -52.6. The second-order valence-corrected chi connectivity index (χ2v) is 8.96. The van der Waals surface area contributed by atoms with Gasteiger partial charge in [-0.1, -0.05) is 26.2 Å². The van der Waals surface area contributed by atoms with E-state index in [1.165, 1.54) is 0 Å². The number of rotatable bonds is 12. The molecule has 0 aliphatic rings. The topological polar surface area (TPSA) is 53.4 Å². The summed E-state index contributed by atoms with van der Waals surface area (Å²) in [6.45, 7) is 0.626. The Kier molecular flexibility index (Phi) is 9.32. The fourth-order valence-electron chi connectivity index (χ4n) is 3.68. The molecule has 0 radical (unpaired) electrons. The fourth-order valence-corrected chi connectivity index (χ4v) is 3.68. The summed E-state index contributed by atoms with van der Waals surface area (Å²) in [6.07, 6.45) is -6.12. The number of phenols is 1. The number of benzene rings is 1. The van der Waals surface area contributed by atoms with Gasteiger partial charge in [-0.3, -0.25) is 9.78 Å². The highest BCUT2D eigenvalue weighted by molar-refractivity contribution is 6.07. The number of aromatic nitrogens is 1. The highest BCUT2D eigenvalue weighted by Crippen LogP contribution is 2.62. The number of pyridine rings is 1. The van der Waals surface area contributed by atoms with Crippen molar-refractivity contribution in [3.8, 4) is 5.75 Å². The van der Waals surface area contributed by atoms with E-state index in [0.717, 1.165) is 18.3 Å². The van der Waals surface area contributed by atoms with Gasteiger partial charge >= 0.3 is 47.6 Å². The summed E-state index contributed by atoms with van der Waals surface area (Å²) in [4.78, 5) is 16.0. The number of nitrogens with zero attached hydrogens (tertiary/aromatic N) is 2. The zero-order valence-corrected chi connectivity index (χ0v) is 20.8. The molecule has 0 fully saturated rings. The van der Waals surface area contributed by atoms with Crippen molar-refractivity contribution in [2.24, 2.45) is 0 Å². The molecule has 1 aromatic carbocycles. The van der Waals surface area contributed by atoms with E-state index in [1.807, 2.05) is 0 Å². The minimum Gasteiger partial charge on any atom is -0.506 e. The molecule has 238 valence electrons. The molecule has 0 unspecified atom stereocenters. The summed E-state index contributed by atoms with van der Waals surface area (Å²) >= 11 is 0. The summed E-state index contributed by atoms with van der Waals surface area (Å²) in [6, 6.07) is 3.38. The second-order valence-electron chi connectivity index (χ2n) is 8.96. The van der Waals surface area contributed by atoms with E-state index in [1.54, 1.807) is 6.92 Å². The summed E-state index contributed by atoms with van der Waals surface area (Å²) in [5, 5.41) is 9.47. The minimum atomic E-state index is -8.51. The van der Waals surface area contributed by atoms with Crippen LogP contribution in [0.3, 0.4) is 0 Å². The molecular formula is C23H19F15N2O2. The number of amides is 1. The van der Waals surface area contributed by atoms with Crippen LogP contribution in [0.15, 0.2) is 30.5 Å². The summed E-state index contributed by atoms with van der Waals surface area (Å²) < 4.78 is 205. The van der Waals surface area contributed by atoms with Crippen LogP contribution in [-0.4, -0.2) is 64.3 Å². The monoisotopic (exact) mass is 640 g/mol. The number of hydrogen-bond donors (Lipinski definition) is 1. The maximum atomic E-state index is 14.9. The SMILES string of the molecule is CCCCCCN(C(=O)C(F)(F)C(F)(F)C(F)(F)C(F)(F)C(F)(F)C(F)(F)C(F)(F)F)c1ccc(O)c2ncccc12. The second kappa shape index (κ2) is 11.2. The third kappa shape index (κ3) is 5.26. The molecule has 19 heteroatoms. The highest BCUT2D eigenvalue weighted by atomic mass is 19.4. The predicted octanol–water partition coefficient (Wildman–Crippen LogP) is 8.23. The molecule has 42 heavy (non-hydrogen) atoms. The number of halogens is 15. The lowest BCUT2D eigenvalue weighted by Gasteiger charge is -2.41. The molecule has 0 bridgehead atoms. The van der Waals surface area contributed by atoms with Gasteiger partial charge in [-0.15, -0.1) is 0 Å². The van der Waals surface area contributed by atoms with Crippen LogP contribution in [-0.2, 0) is 4.79 Å². The van der Waals surface area contributed by atoms with Crippen molar-refractivity contribution in [3.63, 3.8) is 0 Å². The average molecular weight is 640 g/mol. The van der Waals surface area contributed by atoms with Crippen LogP contribution in [0.25, 0.3) is 10.9 Å². The number of phenolic OH excluding ortho intramolecular Hbond substituents is 1. The van der Waals surface area contributed by atoms with Gasteiger partial charge in [0, 0.05) is 18.1 Å². The molecule has 0 atom stereocenters. The average Bonchev–Trinajstić information content (AvgIpc) is 2.88. The Morgan fingerprint density at radius 2 is 1.26 bits per heavy atom. The minimum absolute atomic E-state index is 0.0868. The van der Waals surface area contributed by atoms with Gasteiger partial charge in [-0.2, -0.15) is 65.9 Å². The number of fused-ring (bicyclic) bond motifs is 1. The van der Waals surface area contributed by atoms with Crippen molar-refractivity contribution >= 4 is 22.5 Å². The van der Waals surface area contributed by atoms with E-state index >= 15 is 0 Å². The predicted molar refractivity (Wildman–Crippen MR) is 116 cm³/mol. The number of carbonyl (C=O) groups is 1. The van der Waals surface area contributed by atoms with Gasteiger partial charge in [0.2, 0.25) is 0 Å². The van der Waals surface area contributed by atoms with Crippen molar-refractivity contribution in [2.75, 3.05) is 11.4 Å². The largest absolute Gasteiger partial charge is 0.506 e. The molecule has 0 saturated carbocycles. The molecule has 0 aliphatic carbocycles. The lowest BCUT2D eigenvalue weighted by atomic mass is 9.90. The van der Waals surface area contributed by atoms with Crippen LogP contribution < -0.4 is 4.90 Å². The maximum absolute atomic E-state index is 14.9. The summed E-state index contributed by atoms with van der Waals surface area (Å²) in [5.41, 5.74) is -1.29. The smallest absolute Gasteiger partial charge is 0.460 e. The fraction of sp³-hybridized carbons (Fsp3) is 0.565. The Morgan fingerprint density at radius 1 is 0.738 bits per heavy atom. The van der Waals surface area contributed by atoms with Crippen LogP contribution in [0.1, 0.15) is 32.6 Å². The Hall–Kier alpha value is -3.15. The lowest BCUT2D eigenvalue weighted by Crippen LogP contribution is -2.74. The zero-order valence-electron chi connectivity index (χ0n) is 20.8. The van der Waals surface area contributed by atoms with E-state index in [4.69, 9.17) is 0 Å². The van der Waals surface area contributed by atoms with Crippen molar-refractivity contribution in [3.05, 3.63) is 30.5 Å². The Balaban J connectivity index is 2.70. The van der Waals surface area contributed by atoms with E-state index in [9.17, 15) is 75.8 Å². The first-order valence-electron chi connectivity index (χ1n) is 11.6. The van der Waals surface area contributed by atoms with Gasteiger partial charge in [-0.25, -0.2) is 0 Å². The van der Waals surface area contributed by atoms with Gasteiger partial charge in [0.15, 0.2) is 0 Å². The molecule has 2 aromatic rings. The van der Waals surface area contributed by atoms with Gasteiger partial charge in [-0.05, 0) is 30.7 Å². The van der Waals surface area contributed by atoms with Gasteiger partial charge < -0.3 is 10.0 Å². The van der Waals surface area contributed by atoms with Crippen molar-refractivity contribution in [1.29, 1.82) is 0 Å². The molecule has 0 aliphatic heterocycles. The van der Waals surface area contributed by atoms with Crippen LogP contribution in [0.5, 0.6) is 5.75 Å². The standard InChI is InChI=1S/C23H19F15N2O2/c1-2-3-4-5-11-40(13-8-9-14(41)15-12(13)7-6-10-39-15)16(42)17(24,25)18(26,27)19(28,29)20(30,31)21(32,33)22(34,35)23(36,37)38/h6-10,41H,2-5,11H2,1H3. The molecule has 4 nitrogen and oxygen atoms in total. The molecule has 0 saturated heterocycles. The highest BCUT2D eigenvalue weighted by Gasteiger charge is 2.94. The first kappa shape index (κ1) is 35.0. The van der Waals surface area contributed by atoms with Gasteiger partial charge in [0.25, 0.3) is 0 Å². The van der Waals surface area contributed by atoms with Gasteiger partial charge in [0.05, 0.1) is 5.69 Å².